The molecule has 0 bridgehead atoms. The Morgan fingerprint density at radius 1 is 1.24 bits per heavy atom. The van der Waals surface area contributed by atoms with E-state index in [0.717, 1.165) is 25.7 Å². The molecule has 2 nitrogen and oxygen atoms in total. The van der Waals surface area contributed by atoms with Gasteiger partial charge in [0.25, 0.3) is 0 Å². The molecular formula is C15H30O2. The third-order valence-electron chi connectivity index (χ3n) is 3.49. The zero-order valence-corrected chi connectivity index (χ0v) is 12.5. The highest BCUT2D eigenvalue weighted by molar-refractivity contribution is 5.69. The molecule has 2 atom stereocenters. The molecule has 102 valence electrons. The van der Waals surface area contributed by atoms with Crippen molar-refractivity contribution >= 4 is 5.97 Å². The molecular weight excluding hydrogens is 212 g/mol. The van der Waals surface area contributed by atoms with Gasteiger partial charge in [0.05, 0.1) is 0 Å². The molecule has 0 rings (SSSR count). The third kappa shape index (κ3) is 7.40. The van der Waals surface area contributed by atoms with Crippen LogP contribution in [0.25, 0.3) is 0 Å². The lowest BCUT2D eigenvalue weighted by Crippen LogP contribution is -2.32. The lowest BCUT2D eigenvalue weighted by atomic mass is 9.91. The Morgan fingerprint density at radius 2 is 1.82 bits per heavy atom. The standard InChI is InChI=1S/C15H30O2/c1-7-13(5)9-10-14(16)17-15(6,8-2)11-12(3)4/h12-13H,7-11H2,1-6H3. The number of rotatable bonds is 8. The molecule has 0 aliphatic rings. The first-order valence-electron chi connectivity index (χ1n) is 7.04. The summed E-state index contributed by atoms with van der Waals surface area (Å²) >= 11 is 0. The van der Waals surface area contributed by atoms with Crippen LogP contribution in [0.3, 0.4) is 0 Å². The maximum Gasteiger partial charge on any atom is 0.306 e. The summed E-state index contributed by atoms with van der Waals surface area (Å²) in [5, 5.41) is 0. The van der Waals surface area contributed by atoms with E-state index in [9.17, 15) is 4.79 Å². The molecule has 0 heterocycles. The Labute approximate surface area is 107 Å². The van der Waals surface area contributed by atoms with E-state index >= 15 is 0 Å². The highest BCUT2D eigenvalue weighted by Crippen LogP contribution is 2.25. The normalized spacial score (nSPS) is 16.6. The molecule has 0 spiro atoms. The lowest BCUT2D eigenvalue weighted by Gasteiger charge is -2.30. The van der Waals surface area contributed by atoms with E-state index in [1.807, 2.05) is 6.92 Å². The van der Waals surface area contributed by atoms with Crippen molar-refractivity contribution < 1.29 is 9.53 Å². The zero-order valence-electron chi connectivity index (χ0n) is 12.5. The summed E-state index contributed by atoms with van der Waals surface area (Å²) in [5.74, 6) is 1.14. The van der Waals surface area contributed by atoms with Crippen molar-refractivity contribution in [2.24, 2.45) is 11.8 Å². The van der Waals surface area contributed by atoms with Crippen molar-refractivity contribution in [3.05, 3.63) is 0 Å². The van der Waals surface area contributed by atoms with E-state index in [1.54, 1.807) is 0 Å². The van der Waals surface area contributed by atoms with Crippen LogP contribution in [0, 0.1) is 11.8 Å². The monoisotopic (exact) mass is 242 g/mol. The smallest absolute Gasteiger partial charge is 0.306 e. The third-order valence-corrected chi connectivity index (χ3v) is 3.49. The zero-order chi connectivity index (χ0) is 13.5. The molecule has 0 N–H and O–H groups in total. The fourth-order valence-electron chi connectivity index (χ4n) is 2.02. The van der Waals surface area contributed by atoms with Crippen LogP contribution >= 0.6 is 0 Å². The van der Waals surface area contributed by atoms with E-state index in [1.165, 1.54) is 0 Å². The van der Waals surface area contributed by atoms with Gasteiger partial charge in [-0.1, -0.05) is 41.0 Å². The molecule has 0 aliphatic heterocycles. The molecule has 0 aromatic rings. The second-order valence-electron chi connectivity index (χ2n) is 5.93. The SMILES string of the molecule is CCC(C)CCC(=O)OC(C)(CC)CC(C)C. The van der Waals surface area contributed by atoms with Crippen molar-refractivity contribution in [3.8, 4) is 0 Å². The summed E-state index contributed by atoms with van der Waals surface area (Å²) in [6, 6.07) is 0. The van der Waals surface area contributed by atoms with E-state index in [-0.39, 0.29) is 11.6 Å². The summed E-state index contributed by atoms with van der Waals surface area (Å²) in [7, 11) is 0. The number of hydrogen-bond donors (Lipinski definition) is 0. The molecule has 2 unspecified atom stereocenters. The van der Waals surface area contributed by atoms with Crippen LogP contribution in [0.2, 0.25) is 0 Å². The van der Waals surface area contributed by atoms with Crippen LogP contribution < -0.4 is 0 Å². The van der Waals surface area contributed by atoms with Gasteiger partial charge in [0.2, 0.25) is 0 Å². The summed E-state index contributed by atoms with van der Waals surface area (Å²) in [5.41, 5.74) is -0.277. The van der Waals surface area contributed by atoms with Gasteiger partial charge in [0.15, 0.2) is 0 Å². The molecule has 2 heteroatoms. The van der Waals surface area contributed by atoms with E-state index in [2.05, 4.69) is 34.6 Å². The minimum absolute atomic E-state index is 0.0321. The minimum atomic E-state index is -0.277. The molecule has 0 radical (unpaired) electrons. The average Bonchev–Trinajstić information content (AvgIpc) is 2.24. The Bertz CT molecular complexity index is 223. The van der Waals surface area contributed by atoms with Crippen molar-refractivity contribution in [1.82, 2.24) is 0 Å². The number of carbonyl (C=O) groups excluding carboxylic acids is 1. The van der Waals surface area contributed by atoms with Crippen molar-refractivity contribution in [3.63, 3.8) is 0 Å². The van der Waals surface area contributed by atoms with Gasteiger partial charge in [0, 0.05) is 6.42 Å². The van der Waals surface area contributed by atoms with Crippen molar-refractivity contribution in [1.29, 1.82) is 0 Å². The molecule has 0 saturated carbocycles. The topological polar surface area (TPSA) is 26.3 Å². The Balaban J connectivity index is 4.14. The quantitative estimate of drug-likeness (QED) is 0.583. The van der Waals surface area contributed by atoms with Crippen molar-refractivity contribution in [2.75, 3.05) is 0 Å². The predicted octanol–water partition coefficient (Wildman–Crippen LogP) is 4.57. The Kier molecular flexibility index (Phi) is 7.49. The fourth-order valence-corrected chi connectivity index (χ4v) is 2.02. The Morgan fingerprint density at radius 3 is 2.24 bits per heavy atom. The summed E-state index contributed by atoms with van der Waals surface area (Å²) in [6.07, 6.45) is 4.46. The van der Waals surface area contributed by atoms with Gasteiger partial charge in [0.1, 0.15) is 5.60 Å². The highest BCUT2D eigenvalue weighted by atomic mass is 16.6. The Hall–Kier alpha value is -0.530. The molecule has 17 heavy (non-hydrogen) atoms. The van der Waals surface area contributed by atoms with Gasteiger partial charge in [-0.15, -0.1) is 0 Å². The molecule has 0 aromatic carbocycles. The molecule has 0 aliphatic carbocycles. The van der Waals surface area contributed by atoms with Crippen LogP contribution in [0.4, 0.5) is 0 Å². The summed E-state index contributed by atoms with van der Waals surface area (Å²) in [4.78, 5) is 11.8. The largest absolute Gasteiger partial charge is 0.459 e. The van der Waals surface area contributed by atoms with E-state index < -0.39 is 0 Å². The molecule has 0 saturated heterocycles. The van der Waals surface area contributed by atoms with Gasteiger partial charge in [-0.2, -0.15) is 0 Å². The first-order valence-corrected chi connectivity index (χ1v) is 7.04. The highest BCUT2D eigenvalue weighted by Gasteiger charge is 2.27. The van der Waals surface area contributed by atoms with Gasteiger partial charge >= 0.3 is 5.97 Å². The van der Waals surface area contributed by atoms with Gasteiger partial charge < -0.3 is 4.74 Å². The number of carbonyl (C=O) groups is 1. The second kappa shape index (κ2) is 7.73. The molecule has 0 aromatic heterocycles. The predicted molar refractivity (Wildman–Crippen MR) is 72.9 cm³/mol. The first kappa shape index (κ1) is 16.5. The van der Waals surface area contributed by atoms with Crippen LogP contribution in [0.1, 0.15) is 73.6 Å². The maximum atomic E-state index is 11.8. The minimum Gasteiger partial charge on any atom is -0.459 e. The average molecular weight is 242 g/mol. The fraction of sp³-hybridized carbons (Fsp3) is 0.933. The molecule has 0 fully saturated rings. The van der Waals surface area contributed by atoms with Gasteiger partial charge in [-0.05, 0) is 38.0 Å². The van der Waals surface area contributed by atoms with Crippen LogP contribution in [-0.4, -0.2) is 11.6 Å². The molecule has 0 amide bonds. The van der Waals surface area contributed by atoms with Gasteiger partial charge in [-0.3, -0.25) is 4.79 Å². The first-order chi connectivity index (χ1) is 7.83. The van der Waals surface area contributed by atoms with Crippen LogP contribution in [0.15, 0.2) is 0 Å². The number of hydrogen-bond acceptors (Lipinski definition) is 2. The van der Waals surface area contributed by atoms with Crippen LogP contribution in [-0.2, 0) is 9.53 Å². The summed E-state index contributed by atoms with van der Waals surface area (Å²) in [6.45, 7) is 12.8. The lowest BCUT2D eigenvalue weighted by molar-refractivity contribution is -0.160. The van der Waals surface area contributed by atoms with E-state index in [0.29, 0.717) is 18.3 Å². The number of ether oxygens (including phenoxy) is 1. The van der Waals surface area contributed by atoms with E-state index in [4.69, 9.17) is 4.74 Å². The van der Waals surface area contributed by atoms with Gasteiger partial charge in [-0.25, -0.2) is 0 Å². The van der Waals surface area contributed by atoms with Crippen molar-refractivity contribution in [2.45, 2.75) is 79.2 Å². The van der Waals surface area contributed by atoms with Crippen LogP contribution in [0.5, 0.6) is 0 Å². The second-order valence-corrected chi connectivity index (χ2v) is 5.93. The summed E-state index contributed by atoms with van der Waals surface area (Å²) < 4.78 is 5.65. The number of esters is 1. The maximum absolute atomic E-state index is 11.8.